The van der Waals surface area contributed by atoms with E-state index in [1.54, 1.807) is 18.2 Å². The number of hydrogen-bond acceptors (Lipinski definition) is 7. The molecule has 134 valence electrons. The van der Waals surface area contributed by atoms with Crippen molar-refractivity contribution in [2.75, 3.05) is 12.4 Å². The van der Waals surface area contributed by atoms with Crippen molar-refractivity contribution in [1.29, 1.82) is 0 Å². The first-order valence-electron chi connectivity index (χ1n) is 7.76. The van der Waals surface area contributed by atoms with Gasteiger partial charge in [-0.3, -0.25) is 4.79 Å². The van der Waals surface area contributed by atoms with Crippen LogP contribution in [0.25, 0.3) is 5.69 Å². The summed E-state index contributed by atoms with van der Waals surface area (Å²) >= 11 is 1.35. The number of anilines is 1. The average molecular weight is 371 g/mol. The fraction of sp³-hybridized carbons (Fsp3) is 0.235. The number of tetrazole rings is 1. The Morgan fingerprint density at radius 2 is 2.00 bits per heavy atom. The standard InChI is InChI=1S/C17H17N5O3S/c1-9-7-12(5-6-13(9)22-8-18-20-21-22)15(23)19-16-14(17(24)25-4)10(2)11(3)26-16/h5-8H,1-4H3,(H,19,23). The summed E-state index contributed by atoms with van der Waals surface area (Å²) in [6.45, 7) is 5.60. The molecule has 1 amide bonds. The minimum atomic E-state index is -0.465. The van der Waals surface area contributed by atoms with Gasteiger partial charge < -0.3 is 10.1 Å². The summed E-state index contributed by atoms with van der Waals surface area (Å²) in [6.07, 6.45) is 1.49. The van der Waals surface area contributed by atoms with E-state index >= 15 is 0 Å². The van der Waals surface area contributed by atoms with E-state index in [0.29, 0.717) is 16.1 Å². The first kappa shape index (κ1) is 17.7. The number of aromatic nitrogens is 4. The number of benzene rings is 1. The predicted molar refractivity (Wildman–Crippen MR) is 97.0 cm³/mol. The number of methoxy groups -OCH3 is 1. The number of carbonyl (C=O) groups excluding carboxylic acids is 2. The molecule has 0 radical (unpaired) electrons. The average Bonchev–Trinajstić information content (AvgIpc) is 3.23. The van der Waals surface area contributed by atoms with Gasteiger partial charge in [0.25, 0.3) is 5.91 Å². The second-order valence-corrected chi connectivity index (χ2v) is 6.91. The molecular formula is C17H17N5O3S. The molecule has 1 N–H and O–H groups in total. The van der Waals surface area contributed by atoms with Crippen molar-refractivity contribution in [3.63, 3.8) is 0 Å². The number of carbonyl (C=O) groups is 2. The fourth-order valence-electron chi connectivity index (χ4n) is 2.56. The first-order valence-corrected chi connectivity index (χ1v) is 8.57. The number of hydrogen-bond donors (Lipinski definition) is 1. The van der Waals surface area contributed by atoms with Gasteiger partial charge in [0, 0.05) is 10.4 Å². The maximum absolute atomic E-state index is 12.6. The van der Waals surface area contributed by atoms with Gasteiger partial charge >= 0.3 is 5.97 Å². The van der Waals surface area contributed by atoms with Crippen LogP contribution in [0.1, 0.15) is 36.7 Å². The molecule has 0 saturated heterocycles. The van der Waals surface area contributed by atoms with Crippen molar-refractivity contribution in [2.24, 2.45) is 0 Å². The Bertz CT molecular complexity index is 979. The van der Waals surface area contributed by atoms with Crippen LogP contribution >= 0.6 is 11.3 Å². The van der Waals surface area contributed by atoms with Crippen LogP contribution in [0.3, 0.4) is 0 Å². The summed E-state index contributed by atoms with van der Waals surface area (Å²) in [5.74, 6) is -0.768. The third-order valence-corrected chi connectivity index (χ3v) is 5.18. The molecule has 3 rings (SSSR count). The summed E-state index contributed by atoms with van der Waals surface area (Å²) < 4.78 is 6.36. The minimum Gasteiger partial charge on any atom is -0.465 e. The number of amides is 1. The van der Waals surface area contributed by atoms with Crippen LogP contribution < -0.4 is 5.32 Å². The van der Waals surface area contributed by atoms with Gasteiger partial charge in [-0.05, 0) is 60.5 Å². The van der Waals surface area contributed by atoms with Crippen molar-refractivity contribution in [1.82, 2.24) is 20.2 Å². The Morgan fingerprint density at radius 1 is 1.23 bits per heavy atom. The highest BCUT2D eigenvalue weighted by Gasteiger charge is 2.22. The molecular weight excluding hydrogens is 354 g/mol. The van der Waals surface area contributed by atoms with E-state index in [2.05, 4.69) is 20.8 Å². The summed E-state index contributed by atoms with van der Waals surface area (Å²) in [7, 11) is 1.32. The molecule has 0 atom stereocenters. The lowest BCUT2D eigenvalue weighted by atomic mass is 10.1. The molecule has 0 saturated carbocycles. The highest BCUT2D eigenvalue weighted by molar-refractivity contribution is 7.16. The molecule has 8 nitrogen and oxygen atoms in total. The maximum atomic E-state index is 12.6. The van der Waals surface area contributed by atoms with Crippen molar-refractivity contribution >= 4 is 28.2 Å². The monoisotopic (exact) mass is 371 g/mol. The van der Waals surface area contributed by atoms with Crippen molar-refractivity contribution in [3.8, 4) is 5.69 Å². The Kier molecular flexibility index (Phi) is 4.81. The number of nitrogens with zero attached hydrogens (tertiary/aromatic N) is 4. The van der Waals surface area contributed by atoms with Crippen LogP contribution in [0.5, 0.6) is 0 Å². The van der Waals surface area contributed by atoms with E-state index < -0.39 is 5.97 Å². The lowest BCUT2D eigenvalue weighted by Gasteiger charge is -2.09. The summed E-state index contributed by atoms with van der Waals surface area (Å²) in [5.41, 5.74) is 3.30. The molecule has 0 aliphatic heterocycles. The van der Waals surface area contributed by atoms with E-state index in [4.69, 9.17) is 4.74 Å². The lowest BCUT2D eigenvalue weighted by Crippen LogP contribution is -2.14. The van der Waals surface area contributed by atoms with Crippen LogP contribution in [-0.4, -0.2) is 39.2 Å². The van der Waals surface area contributed by atoms with Gasteiger partial charge in [0.1, 0.15) is 11.3 Å². The summed E-state index contributed by atoms with van der Waals surface area (Å²) in [5, 5.41) is 14.4. The third kappa shape index (κ3) is 3.21. The summed E-state index contributed by atoms with van der Waals surface area (Å²) in [6, 6.07) is 5.20. The van der Waals surface area contributed by atoms with Gasteiger partial charge in [-0.15, -0.1) is 16.4 Å². The highest BCUT2D eigenvalue weighted by atomic mass is 32.1. The van der Waals surface area contributed by atoms with E-state index in [1.807, 2.05) is 20.8 Å². The van der Waals surface area contributed by atoms with E-state index in [-0.39, 0.29) is 5.91 Å². The van der Waals surface area contributed by atoms with E-state index in [9.17, 15) is 9.59 Å². The summed E-state index contributed by atoms with van der Waals surface area (Å²) in [4.78, 5) is 25.6. The Labute approximate surface area is 153 Å². The third-order valence-electron chi connectivity index (χ3n) is 4.06. The maximum Gasteiger partial charge on any atom is 0.341 e. The van der Waals surface area contributed by atoms with E-state index in [1.165, 1.54) is 29.5 Å². The smallest absolute Gasteiger partial charge is 0.341 e. The van der Waals surface area contributed by atoms with Gasteiger partial charge in [-0.1, -0.05) is 0 Å². The lowest BCUT2D eigenvalue weighted by molar-refractivity contribution is 0.0601. The van der Waals surface area contributed by atoms with Gasteiger partial charge in [-0.25, -0.2) is 9.48 Å². The number of aryl methyl sites for hydroxylation is 2. The van der Waals surface area contributed by atoms with Gasteiger partial charge in [0.15, 0.2) is 0 Å². The van der Waals surface area contributed by atoms with Crippen molar-refractivity contribution < 1.29 is 14.3 Å². The molecule has 2 aromatic heterocycles. The predicted octanol–water partition coefficient (Wildman–Crippen LogP) is 2.69. The van der Waals surface area contributed by atoms with Gasteiger partial charge in [-0.2, -0.15) is 0 Å². The molecule has 0 fully saturated rings. The zero-order valence-corrected chi connectivity index (χ0v) is 15.5. The SMILES string of the molecule is COC(=O)c1c(NC(=O)c2ccc(-n3cnnn3)c(C)c2)sc(C)c1C. The topological polar surface area (TPSA) is 99.0 Å². The molecule has 0 aliphatic rings. The quantitative estimate of drug-likeness (QED) is 0.708. The zero-order chi connectivity index (χ0) is 18.8. The number of esters is 1. The number of thiophene rings is 1. The minimum absolute atomic E-state index is 0.303. The van der Waals surface area contributed by atoms with Crippen molar-refractivity contribution in [3.05, 3.63) is 51.7 Å². The van der Waals surface area contributed by atoms with Crippen LogP contribution in [0.2, 0.25) is 0 Å². The molecule has 0 bridgehead atoms. The van der Waals surface area contributed by atoms with Crippen LogP contribution in [0, 0.1) is 20.8 Å². The Balaban J connectivity index is 1.89. The molecule has 0 spiro atoms. The Hall–Kier alpha value is -3.07. The molecule has 9 heteroatoms. The molecule has 2 heterocycles. The van der Waals surface area contributed by atoms with Crippen LogP contribution in [0.15, 0.2) is 24.5 Å². The van der Waals surface area contributed by atoms with E-state index in [0.717, 1.165) is 21.7 Å². The zero-order valence-electron chi connectivity index (χ0n) is 14.7. The second-order valence-electron chi connectivity index (χ2n) is 5.69. The second kappa shape index (κ2) is 7.04. The normalized spacial score (nSPS) is 10.6. The van der Waals surface area contributed by atoms with Crippen LogP contribution in [-0.2, 0) is 4.74 Å². The fourth-order valence-corrected chi connectivity index (χ4v) is 3.61. The number of nitrogens with one attached hydrogen (secondary N) is 1. The largest absolute Gasteiger partial charge is 0.465 e. The van der Waals surface area contributed by atoms with Crippen molar-refractivity contribution in [2.45, 2.75) is 20.8 Å². The van der Waals surface area contributed by atoms with Gasteiger partial charge in [0.05, 0.1) is 18.4 Å². The molecule has 1 aromatic carbocycles. The highest BCUT2D eigenvalue weighted by Crippen LogP contribution is 2.33. The van der Waals surface area contributed by atoms with Gasteiger partial charge in [0.2, 0.25) is 0 Å². The van der Waals surface area contributed by atoms with Crippen LogP contribution in [0.4, 0.5) is 5.00 Å². The Morgan fingerprint density at radius 3 is 2.62 bits per heavy atom. The molecule has 26 heavy (non-hydrogen) atoms. The molecule has 3 aromatic rings. The first-order chi connectivity index (χ1) is 12.4. The number of ether oxygens (including phenoxy) is 1. The number of rotatable bonds is 4. The molecule has 0 aliphatic carbocycles. The molecule has 0 unspecified atom stereocenters.